The first-order chi connectivity index (χ1) is 9.61. The molecule has 0 saturated carbocycles. The molecule has 1 aromatic rings. The number of piperidine rings is 1. The summed E-state index contributed by atoms with van der Waals surface area (Å²) in [6.07, 6.45) is 0.354. The molecule has 5 nitrogen and oxygen atoms in total. The minimum atomic E-state index is -1.09. The number of nitrogens with zero attached hydrogens (tertiary/aromatic N) is 2. The predicted molar refractivity (Wildman–Crippen MR) is 69.8 cm³/mol. The highest BCUT2D eigenvalue weighted by Gasteiger charge is 2.56. The van der Waals surface area contributed by atoms with Gasteiger partial charge in [0.1, 0.15) is 11.8 Å². The van der Waals surface area contributed by atoms with E-state index in [1.165, 1.54) is 0 Å². The van der Waals surface area contributed by atoms with Gasteiger partial charge in [0.05, 0.1) is 12.1 Å². The molecule has 5 heteroatoms. The Morgan fingerprint density at radius 3 is 2.00 bits per heavy atom. The van der Waals surface area contributed by atoms with Gasteiger partial charge in [0.2, 0.25) is 11.8 Å². The van der Waals surface area contributed by atoms with Gasteiger partial charge in [-0.1, -0.05) is 37.3 Å². The number of nitrogens with one attached hydrogen (secondary N) is 1. The van der Waals surface area contributed by atoms with E-state index >= 15 is 0 Å². The summed E-state index contributed by atoms with van der Waals surface area (Å²) in [4.78, 5) is 24.0. The van der Waals surface area contributed by atoms with E-state index in [2.05, 4.69) is 5.32 Å². The quantitative estimate of drug-likeness (QED) is 0.816. The second kappa shape index (κ2) is 5.14. The molecule has 1 heterocycles. The molecule has 0 spiro atoms. The lowest BCUT2D eigenvalue weighted by Gasteiger charge is -2.42. The Bertz CT molecular complexity index is 593. The van der Waals surface area contributed by atoms with Crippen LogP contribution in [0.1, 0.15) is 18.9 Å². The lowest BCUT2D eigenvalue weighted by atomic mass is 9.59. The van der Waals surface area contributed by atoms with E-state index in [9.17, 15) is 20.1 Å². The molecule has 1 aliphatic heterocycles. The molecule has 2 rings (SSSR count). The van der Waals surface area contributed by atoms with Crippen LogP contribution in [0.25, 0.3) is 0 Å². The van der Waals surface area contributed by atoms with Gasteiger partial charge in [-0.25, -0.2) is 0 Å². The smallest absolute Gasteiger partial charge is 0.244 e. The predicted octanol–water partition coefficient (Wildman–Crippen LogP) is 1.27. The highest BCUT2D eigenvalue weighted by atomic mass is 16.2. The van der Waals surface area contributed by atoms with E-state index in [4.69, 9.17) is 0 Å². The number of hydrogen-bond donors (Lipinski definition) is 1. The number of carbonyl (C=O) groups excluding carboxylic acids is 2. The summed E-state index contributed by atoms with van der Waals surface area (Å²) in [5.41, 5.74) is -0.423. The Balaban J connectivity index is 2.72. The van der Waals surface area contributed by atoms with Crippen LogP contribution in [0.2, 0.25) is 0 Å². The molecule has 2 amide bonds. The molecule has 0 unspecified atom stereocenters. The monoisotopic (exact) mass is 267 g/mol. The maximum absolute atomic E-state index is 12.0. The molecule has 0 radical (unpaired) electrons. The van der Waals surface area contributed by atoms with Crippen molar-refractivity contribution in [3.63, 3.8) is 0 Å². The molecular weight excluding hydrogens is 254 g/mol. The third-order valence-corrected chi connectivity index (χ3v) is 3.96. The fourth-order valence-corrected chi connectivity index (χ4v) is 2.94. The van der Waals surface area contributed by atoms with E-state index < -0.39 is 29.1 Å². The number of nitriles is 2. The van der Waals surface area contributed by atoms with Crippen molar-refractivity contribution in [1.29, 1.82) is 10.5 Å². The second-order valence-electron chi connectivity index (χ2n) is 4.74. The number of hydrogen-bond acceptors (Lipinski definition) is 4. The Hall–Kier alpha value is -2.66. The molecule has 1 saturated heterocycles. The van der Waals surface area contributed by atoms with Gasteiger partial charge in [0.15, 0.2) is 0 Å². The van der Waals surface area contributed by atoms with Crippen LogP contribution in [0.15, 0.2) is 30.3 Å². The van der Waals surface area contributed by atoms with Crippen LogP contribution in [0.3, 0.4) is 0 Å². The second-order valence-corrected chi connectivity index (χ2v) is 4.74. The molecule has 100 valence electrons. The zero-order chi connectivity index (χ0) is 14.8. The van der Waals surface area contributed by atoms with Crippen molar-refractivity contribution in [2.45, 2.75) is 18.8 Å². The fourth-order valence-electron chi connectivity index (χ4n) is 2.94. The normalized spacial score (nSPS) is 24.4. The van der Waals surface area contributed by atoms with Crippen LogP contribution in [-0.2, 0) is 15.0 Å². The summed E-state index contributed by atoms with van der Waals surface area (Å²) < 4.78 is 0. The number of carbonyl (C=O) groups is 2. The summed E-state index contributed by atoms with van der Waals surface area (Å²) in [5.74, 6) is -3.38. The SMILES string of the molecule is CCC1(c2ccccc2)[C@H](C#N)C(=O)NC(=O)[C@H]1C#N. The molecule has 1 aromatic carbocycles. The van der Waals surface area contributed by atoms with Crippen molar-refractivity contribution in [2.24, 2.45) is 11.8 Å². The summed E-state index contributed by atoms with van der Waals surface area (Å²) in [6, 6.07) is 12.8. The highest BCUT2D eigenvalue weighted by molar-refractivity contribution is 6.04. The van der Waals surface area contributed by atoms with Crippen LogP contribution in [0, 0.1) is 34.5 Å². The standard InChI is InChI=1S/C15H13N3O2/c1-2-15(10-6-4-3-5-7-10)11(8-16)13(19)18-14(20)12(15)9-17/h3-7,11-12H,2H2,1H3,(H,18,19,20)/t11-,12-/m1/s1. The van der Waals surface area contributed by atoms with Gasteiger partial charge >= 0.3 is 0 Å². The fraction of sp³-hybridized carbons (Fsp3) is 0.333. The minimum absolute atomic E-state index is 0.354. The lowest BCUT2D eigenvalue weighted by Crippen LogP contribution is -2.59. The first-order valence-electron chi connectivity index (χ1n) is 6.31. The van der Waals surface area contributed by atoms with Gasteiger partial charge < -0.3 is 0 Å². The van der Waals surface area contributed by atoms with Gasteiger partial charge in [-0.05, 0) is 12.0 Å². The number of rotatable bonds is 2. The average Bonchev–Trinajstić information content (AvgIpc) is 2.47. The molecule has 0 bridgehead atoms. The van der Waals surface area contributed by atoms with E-state index in [0.29, 0.717) is 12.0 Å². The highest BCUT2D eigenvalue weighted by Crippen LogP contribution is 2.44. The van der Waals surface area contributed by atoms with Crippen molar-refractivity contribution >= 4 is 11.8 Å². The first kappa shape index (κ1) is 13.8. The van der Waals surface area contributed by atoms with E-state index in [1.54, 1.807) is 37.3 Å². The molecule has 1 N–H and O–H groups in total. The van der Waals surface area contributed by atoms with Gasteiger partial charge in [0, 0.05) is 5.41 Å². The third kappa shape index (κ3) is 1.76. The zero-order valence-electron chi connectivity index (χ0n) is 11.0. The van der Waals surface area contributed by atoms with E-state index in [-0.39, 0.29) is 0 Å². The number of imide groups is 1. The molecule has 0 aromatic heterocycles. The van der Waals surface area contributed by atoms with Crippen molar-refractivity contribution in [3.05, 3.63) is 35.9 Å². The average molecular weight is 267 g/mol. The maximum atomic E-state index is 12.0. The molecular formula is C15H13N3O2. The van der Waals surface area contributed by atoms with Gasteiger partial charge in [-0.3, -0.25) is 14.9 Å². The number of amides is 2. The Labute approximate surface area is 116 Å². The topological polar surface area (TPSA) is 93.8 Å². The molecule has 2 atom stereocenters. The van der Waals surface area contributed by atoms with Gasteiger partial charge in [-0.15, -0.1) is 0 Å². The third-order valence-electron chi connectivity index (χ3n) is 3.96. The van der Waals surface area contributed by atoms with Crippen LogP contribution >= 0.6 is 0 Å². The minimum Gasteiger partial charge on any atom is -0.294 e. The maximum Gasteiger partial charge on any atom is 0.244 e. The van der Waals surface area contributed by atoms with Crippen molar-refractivity contribution in [3.8, 4) is 12.1 Å². The Morgan fingerprint density at radius 1 is 1.10 bits per heavy atom. The largest absolute Gasteiger partial charge is 0.294 e. The van der Waals surface area contributed by atoms with Crippen LogP contribution in [0.4, 0.5) is 0 Å². The summed E-state index contributed by atoms with van der Waals surface area (Å²) in [5, 5.41) is 20.8. The van der Waals surface area contributed by atoms with Crippen molar-refractivity contribution in [2.75, 3.05) is 0 Å². The molecule has 0 aliphatic carbocycles. The summed E-state index contributed by atoms with van der Waals surface area (Å²) in [6.45, 7) is 1.79. The van der Waals surface area contributed by atoms with E-state index in [0.717, 1.165) is 0 Å². The Kier molecular flexibility index (Phi) is 3.54. The van der Waals surface area contributed by atoms with Crippen LogP contribution in [0.5, 0.6) is 0 Å². The lowest BCUT2D eigenvalue weighted by molar-refractivity contribution is -0.141. The van der Waals surface area contributed by atoms with Gasteiger partial charge in [0.25, 0.3) is 0 Å². The van der Waals surface area contributed by atoms with Crippen LogP contribution in [-0.4, -0.2) is 11.8 Å². The summed E-state index contributed by atoms with van der Waals surface area (Å²) in [7, 11) is 0. The molecule has 20 heavy (non-hydrogen) atoms. The first-order valence-corrected chi connectivity index (χ1v) is 6.31. The Morgan fingerprint density at radius 2 is 1.60 bits per heavy atom. The van der Waals surface area contributed by atoms with Gasteiger partial charge in [-0.2, -0.15) is 10.5 Å². The molecule has 1 fully saturated rings. The van der Waals surface area contributed by atoms with E-state index in [1.807, 2.05) is 12.1 Å². The molecule has 1 aliphatic rings. The zero-order valence-corrected chi connectivity index (χ0v) is 11.0. The van der Waals surface area contributed by atoms with Crippen molar-refractivity contribution in [1.82, 2.24) is 5.32 Å². The number of benzene rings is 1. The van der Waals surface area contributed by atoms with Crippen molar-refractivity contribution < 1.29 is 9.59 Å². The van der Waals surface area contributed by atoms with Crippen LogP contribution < -0.4 is 5.32 Å². The summed E-state index contributed by atoms with van der Waals surface area (Å²) >= 11 is 0.